The van der Waals surface area contributed by atoms with Crippen LogP contribution in [0.3, 0.4) is 0 Å². The van der Waals surface area contributed by atoms with Crippen molar-refractivity contribution in [1.82, 2.24) is 9.55 Å². The monoisotopic (exact) mass is 602 g/mol. The largest absolute Gasteiger partial charge is 0.497 e. The van der Waals surface area contributed by atoms with E-state index in [2.05, 4.69) is 0 Å². The van der Waals surface area contributed by atoms with Crippen LogP contribution >= 0.6 is 6.72 Å². The number of halogens is 2. The Morgan fingerprint density at radius 3 is 1.93 bits per heavy atom. The first kappa shape index (κ1) is 29.6. The summed E-state index contributed by atoms with van der Waals surface area (Å²) in [6.45, 7) is -5.08. The summed E-state index contributed by atoms with van der Waals surface area (Å²) in [6, 6.07) is 13.2. The fourth-order valence-corrected chi connectivity index (χ4v) is 5.74. The Morgan fingerprint density at radius 2 is 1.48 bits per heavy atom. The molecule has 3 N–H and O–H groups in total. The Morgan fingerprint density at radius 1 is 0.975 bits per heavy atom. The van der Waals surface area contributed by atoms with E-state index in [1.165, 1.54) is 38.5 Å². The highest BCUT2D eigenvalue weighted by atomic mass is 32.5. The fraction of sp³-hybridized carbons (Fsp3) is 0.333. The summed E-state index contributed by atoms with van der Waals surface area (Å²) in [5.41, 5.74) is -4.67. The van der Waals surface area contributed by atoms with Gasteiger partial charge in [-0.15, -0.1) is 0 Å². The first-order valence-corrected chi connectivity index (χ1v) is 14.1. The zero-order valence-electron chi connectivity index (χ0n) is 21.0. The maximum Gasteiger partial charge on any atom is 0.435 e. The number of H-pyrrole nitrogens is 1. The molecule has 1 saturated heterocycles. The lowest BCUT2D eigenvalue weighted by Gasteiger charge is -2.33. The second-order valence-corrected chi connectivity index (χ2v) is 11.3. The number of benzene rings is 2. The van der Waals surface area contributed by atoms with Gasteiger partial charge in [-0.2, -0.15) is 0 Å². The first-order valence-electron chi connectivity index (χ1n) is 11.6. The predicted octanol–water partition coefficient (Wildman–Crippen LogP) is 2.21. The van der Waals surface area contributed by atoms with Crippen LogP contribution in [0.25, 0.3) is 0 Å². The van der Waals surface area contributed by atoms with Crippen molar-refractivity contribution < 1.29 is 46.8 Å². The number of nitrogens with zero attached hydrogens (tertiary/aromatic N) is 1. The van der Waals surface area contributed by atoms with Gasteiger partial charge in [-0.3, -0.25) is 18.9 Å². The van der Waals surface area contributed by atoms with Crippen molar-refractivity contribution in [2.45, 2.75) is 30.5 Å². The van der Waals surface area contributed by atoms with E-state index in [0.717, 1.165) is 12.3 Å². The second kappa shape index (κ2) is 12.0. The summed E-state index contributed by atoms with van der Waals surface area (Å²) in [7, 11) is 2.94. The van der Waals surface area contributed by atoms with Gasteiger partial charge in [0.1, 0.15) is 35.2 Å². The van der Waals surface area contributed by atoms with E-state index in [1.54, 1.807) is 24.3 Å². The third-order valence-electron chi connectivity index (χ3n) is 5.95. The summed E-state index contributed by atoms with van der Waals surface area (Å²) in [4.78, 5) is 25.6. The van der Waals surface area contributed by atoms with E-state index in [1.807, 2.05) is 4.98 Å². The number of alkyl halides is 2. The molecule has 3 aromatic rings. The Kier molecular flexibility index (Phi) is 8.93. The minimum Gasteiger partial charge on any atom is -0.497 e. The number of ether oxygens (including phenoxy) is 3. The number of rotatable bonds is 11. The quantitative estimate of drug-likeness (QED) is 0.277. The molecule has 4 atom stereocenters. The number of nitrogens with one attached hydrogen (secondary N) is 1. The van der Waals surface area contributed by atoms with Gasteiger partial charge in [-0.1, -0.05) is 0 Å². The van der Waals surface area contributed by atoms with E-state index in [4.69, 9.17) is 39.6 Å². The molecule has 4 unspecified atom stereocenters. The van der Waals surface area contributed by atoms with E-state index in [-0.39, 0.29) is 11.5 Å². The van der Waals surface area contributed by atoms with Crippen LogP contribution in [0, 0.1) is 0 Å². The topological polar surface area (TPSA) is 151 Å². The van der Waals surface area contributed by atoms with Gasteiger partial charge in [-0.05, 0) is 48.5 Å². The highest BCUT2D eigenvalue weighted by molar-refractivity contribution is 8.07. The lowest BCUT2D eigenvalue weighted by molar-refractivity contribution is -0.192. The molecule has 16 heteroatoms. The number of hydrogen-bond donors (Lipinski definition) is 3. The van der Waals surface area contributed by atoms with E-state index >= 15 is 0 Å². The standard InChI is InChI=1S/C24H25F2N2O10PS/c1-33-14-3-7-16(8-4-14)37-39(40,38-17-9-5-15(34-2)6-10-17)35-13-24(22(25)26)20(31)19(30)21(36-24)28-12-11-18(29)27-23(28)32/h3-12,19-22,30-31H,13H2,1-2H3,(H,27,29,32). The van der Waals surface area contributed by atoms with Crippen LogP contribution in [0.1, 0.15) is 6.23 Å². The molecule has 2 heterocycles. The summed E-state index contributed by atoms with van der Waals surface area (Å²) in [6.07, 6.45) is -8.55. The van der Waals surface area contributed by atoms with Crippen LogP contribution in [0.2, 0.25) is 0 Å². The summed E-state index contributed by atoms with van der Waals surface area (Å²) in [5.74, 6) is 1.34. The second-order valence-electron chi connectivity index (χ2n) is 8.47. The molecule has 40 heavy (non-hydrogen) atoms. The number of aliphatic hydroxyl groups is 2. The van der Waals surface area contributed by atoms with Gasteiger partial charge in [0.25, 0.3) is 12.0 Å². The molecule has 1 aliphatic heterocycles. The van der Waals surface area contributed by atoms with Gasteiger partial charge < -0.3 is 33.5 Å². The summed E-state index contributed by atoms with van der Waals surface area (Å²) < 4.78 is 62.6. The molecular formula is C24H25F2N2O10PS. The zero-order chi connectivity index (χ0) is 29.1. The first-order chi connectivity index (χ1) is 19.0. The van der Waals surface area contributed by atoms with Crippen LogP contribution in [0.15, 0.2) is 70.4 Å². The lowest BCUT2D eigenvalue weighted by Crippen LogP contribution is -2.52. The molecule has 0 radical (unpaired) electrons. The minimum atomic E-state index is -3.97. The van der Waals surface area contributed by atoms with Crippen LogP contribution in [-0.2, 0) is 21.1 Å². The molecule has 4 rings (SSSR count). The van der Waals surface area contributed by atoms with Gasteiger partial charge in [0.2, 0.25) is 0 Å². The molecular weight excluding hydrogens is 577 g/mol. The molecule has 0 aliphatic carbocycles. The van der Waals surface area contributed by atoms with Crippen molar-refractivity contribution in [3.63, 3.8) is 0 Å². The van der Waals surface area contributed by atoms with Crippen LogP contribution < -0.4 is 29.8 Å². The van der Waals surface area contributed by atoms with Crippen LogP contribution in [-0.4, -0.2) is 64.8 Å². The molecule has 1 aliphatic rings. The van der Waals surface area contributed by atoms with E-state index in [9.17, 15) is 28.6 Å². The lowest BCUT2D eigenvalue weighted by atomic mass is 9.96. The average Bonchev–Trinajstić information content (AvgIpc) is 3.19. The highest BCUT2D eigenvalue weighted by Crippen LogP contribution is 2.52. The third-order valence-corrected chi connectivity index (χ3v) is 8.03. The molecule has 2 aromatic carbocycles. The number of aromatic amines is 1. The molecule has 0 saturated carbocycles. The minimum absolute atomic E-state index is 0.161. The zero-order valence-corrected chi connectivity index (χ0v) is 22.7. The van der Waals surface area contributed by atoms with Crippen molar-refractivity contribution in [3.05, 3.63) is 81.6 Å². The van der Waals surface area contributed by atoms with Gasteiger partial charge in [-0.25, -0.2) is 13.6 Å². The van der Waals surface area contributed by atoms with Crippen molar-refractivity contribution >= 4 is 18.5 Å². The molecule has 1 aromatic heterocycles. The molecule has 0 amide bonds. The Balaban J connectivity index is 1.64. The van der Waals surface area contributed by atoms with Gasteiger partial charge in [0, 0.05) is 24.1 Å². The van der Waals surface area contributed by atoms with Gasteiger partial charge >= 0.3 is 12.4 Å². The molecule has 216 valence electrons. The van der Waals surface area contributed by atoms with Crippen LogP contribution in [0.5, 0.6) is 23.0 Å². The summed E-state index contributed by atoms with van der Waals surface area (Å²) in [5, 5.41) is 21.3. The van der Waals surface area contributed by atoms with Crippen molar-refractivity contribution in [1.29, 1.82) is 0 Å². The molecule has 1 fully saturated rings. The number of methoxy groups -OCH3 is 2. The molecule has 0 bridgehead atoms. The van der Waals surface area contributed by atoms with Crippen LogP contribution in [0.4, 0.5) is 8.78 Å². The SMILES string of the molecule is COc1ccc(OP(=S)(OCC2(C(F)F)OC(n3ccc(=O)[nH]c3=O)C(O)C2O)Oc2ccc(OC)cc2)cc1. The van der Waals surface area contributed by atoms with Crippen molar-refractivity contribution in [2.24, 2.45) is 0 Å². The third kappa shape index (κ3) is 6.19. The molecule has 12 nitrogen and oxygen atoms in total. The molecule has 0 spiro atoms. The van der Waals surface area contributed by atoms with E-state index in [0.29, 0.717) is 16.1 Å². The number of aromatic nitrogens is 2. The van der Waals surface area contributed by atoms with E-state index < -0.39 is 55.0 Å². The average molecular weight is 603 g/mol. The van der Waals surface area contributed by atoms with Crippen molar-refractivity contribution in [2.75, 3.05) is 20.8 Å². The van der Waals surface area contributed by atoms with Gasteiger partial charge in [0.05, 0.1) is 20.8 Å². The normalized spacial score (nSPS) is 22.7. The van der Waals surface area contributed by atoms with Gasteiger partial charge in [0.15, 0.2) is 11.8 Å². The smallest absolute Gasteiger partial charge is 0.435 e. The number of hydrogen-bond acceptors (Lipinski definition) is 11. The number of aliphatic hydroxyl groups excluding tert-OH is 2. The predicted molar refractivity (Wildman–Crippen MR) is 140 cm³/mol. The summed E-state index contributed by atoms with van der Waals surface area (Å²) >= 11 is 5.53. The Hall–Kier alpha value is -3.33. The van der Waals surface area contributed by atoms with Crippen molar-refractivity contribution in [3.8, 4) is 23.0 Å². The Labute approximate surface area is 230 Å². The highest BCUT2D eigenvalue weighted by Gasteiger charge is 2.61. The maximum absolute atomic E-state index is 14.5. The fourth-order valence-electron chi connectivity index (χ4n) is 3.80. The Bertz CT molecular complexity index is 1420. The maximum atomic E-state index is 14.5.